The third-order valence-corrected chi connectivity index (χ3v) is 5.47. The van der Waals surface area contributed by atoms with Crippen molar-refractivity contribution < 1.29 is 4.74 Å². The van der Waals surface area contributed by atoms with Gasteiger partial charge < -0.3 is 10.1 Å². The Labute approximate surface area is 167 Å². The summed E-state index contributed by atoms with van der Waals surface area (Å²) in [6, 6.07) is 14.9. The average Bonchev–Trinajstić information content (AvgIpc) is 3.05. The molecular weight excluding hydrogens is 346 g/mol. The van der Waals surface area contributed by atoms with Gasteiger partial charge in [0.15, 0.2) is 11.4 Å². The van der Waals surface area contributed by atoms with Gasteiger partial charge in [0, 0.05) is 12.2 Å². The van der Waals surface area contributed by atoms with Crippen LogP contribution in [0.2, 0.25) is 0 Å². The van der Waals surface area contributed by atoms with E-state index >= 15 is 0 Å². The van der Waals surface area contributed by atoms with Crippen molar-refractivity contribution in [1.29, 1.82) is 0 Å². The molecule has 4 nitrogen and oxygen atoms in total. The lowest BCUT2D eigenvalue weighted by Crippen LogP contribution is -2.23. The Morgan fingerprint density at radius 1 is 1.07 bits per heavy atom. The van der Waals surface area contributed by atoms with Crippen LogP contribution < -0.4 is 10.1 Å². The van der Waals surface area contributed by atoms with Crippen LogP contribution in [0, 0.1) is 5.92 Å². The van der Waals surface area contributed by atoms with Crippen LogP contribution in [-0.4, -0.2) is 15.4 Å². The first-order valence-electron chi connectivity index (χ1n) is 10.6. The molecule has 1 aliphatic rings. The number of anilines is 1. The fraction of sp³-hybridized carbons (Fsp3) is 0.458. The summed E-state index contributed by atoms with van der Waals surface area (Å²) in [5.74, 6) is 2.55. The Kier molecular flexibility index (Phi) is 5.84. The summed E-state index contributed by atoms with van der Waals surface area (Å²) in [4.78, 5) is 5.01. The molecule has 1 aromatic carbocycles. The maximum Gasteiger partial charge on any atom is 0.181 e. The average molecular weight is 378 g/mol. The molecule has 0 bridgehead atoms. The predicted molar refractivity (Wildman–Crippen MR) is 115 cm³/mol. The van der Waals surface area contributed by atoms with E-state index < -0.39 is 0 Å². The fourth-order valence-electron chi connectivity index (χ4n) is 4.06. The Morgan fingerprint density at radius 2 is 1.86 bits per heavy atom. The topological polar surface area (TPSA) is 38.6 Å². The number of hydrogen-bond acceptors (Lipinski definition) is 3. The van der Waals surface area contributed by atoms with E-state index in [2.05, 4.69) is 48.0 Å². The van der Waals surface area contributed by atoms with Crippen molar-refractivity contribution in [2.24, 2.45) is 5.92 Å². The van der Waals surface area contributed by atoms with Gasteiger partial charge in [-0.2, -0.15) is 0 Å². The van der Waals surface area contributed by atoms with Gasteiger partial charge in [-0.05, 0) is 42.9 Å². The van der Waals surface area contributed by atoms with Gasteiger partial charge in [-0.1, -0.05) is 63.4 Å². The molecule has 1 saturated carbocycles. The second kappa shape index (κ2) is 8.68. The van der Waals surface area contributed by atoms with E-state index in [0.29, 0.717) is 18.6 Å². The lowest BCUT2D eigenvalue weighted by molar-refractivity contribution is 0.308. The number of fused-ring (bicyclic) bond motifs is 1. The number of benzene rings is 1. The van der Waals surface area contributed by atoms with Crippen molar-refractivity contribution in [2.45, 2.75) is 65.0 Å². The van der Waals surface area contributed by atoms with Crippen LogP contribution in [-0.2, 0) is 13.0 Å². The SMILES string of the molecule is CC(C)Cc1nc2c(OCc3ccccc3)cccn2c1NC1CCCCC1. The molecule has 1 aliphatic carbocycles. The number of nitrogens with one attached hydrogen (secondary N) is 1. The van der Waals surface area contributed by atoms with Gasteiger partial charge in [-0.3, -0.25) is 4.40 Å². The molecule has 0 saturated heterocycles. The molecule has 4 rings (SSSR count). The third-order valence-electron chi connectivity index (χ3n) is 5.47. The van der Waals surface area contributed by atoms with Crippen molar-refractivity contribution in [1.82, 2.24) is 9.38 Å². The molecule has 2 heterocycles. The van der Waals surface area contributed by atoms with Crippen molar-refractivity contribution in [2.75, 3.05) is 5.32 Å². The number of rotatable bonds is 7. The van der Waals surface area contributed by atoms with Crippen LogP contribution in [0.25, 0.3) is 5.65 Å². The van der Waals surface area contributed by atoms with E-state index in [9.17, 15) is 0 Å². The molecule has 1 fully saturated rings. The van der Waals surface area contributed by atoms with Gasteiger partial charge in [0.05, 0.1) is 5.69 Å². The molecule has 2 aromatic heterocycles. The molecule has 148 valence electrons. The lowest BCUT2D eigenvalue weighted by Gasteiger charge is -2.24. The highest BCUT2D eigenvalue weighted by atomic mass is 16.5. The number of imidazole rings is 1. The number of hydrogen-bond donors (Lipinski definition) is 1. The molecule has 3 aromatic rings. The highest BCUT2D eigenvalue weighted by molar-refractivity contribution is 5.63. The molecule has 0 unspecified atom stereocenters. The molecule has 0 atom stereocenters. The molecule has 0 amide bonds. The van der Waals surface area contributed by atoms with Crippen LogP contribution >= 0.6 is 0 Å². The number of aromatic nitrogens is 2. The van der Waals surface area contributed by atoms with Gasteiger partial charge in [0.25, 0.3) is 0 Å². The predicted octanol–water partition coefficient (Wildman–Crippen LogP) is 5.86. The van der Waals surface area contributed by atoms with Crippen molar-refractivity contribution in [3.8, 4) is 5.75 Å². The summed E-state index contributed by atoms with van der Waals surface area (Å²) >= 11 is 0. The normalized spacial score (nSPS) is 15.2. The minimum Gasteiger partial charge on any atom is -0.485 e. The summed E-state index contributed by atoms with van der Waals surface area (Å²) in [6.07, 6.45) is 9.57. The largest absolute Gasteiger partial charge is 0.485 e. The standard InChI is InChI=1S/C24H31N3O/c1-18(2)16-21-23(25-20-12-7-4-8-13-20)27-15-9-14-22(24(27)26-21)28-17-19-10-5-3-6-11-19/h3,5-6,9-11,14-15,18,20,25H,4,7-8,12-13,16-17H2,1-2H3. The molecule has 0 aliphatic heterocycles. The zero-order chi connectivity index (χ0) is 19.3. The minimum absolute atomic E-state index is 0.549. The quantitative estimate of drug-likeness (QED) is 0.561. The van der Waals surface area contributed by atoms with Crippen molar-refractivity contribution >= 4 is 11.5 Å². The van der Waals surface area contributed by atoms with Gasteiger partial charge in [0.2, 0.25) is 0 Å². The molecular formula is C24H31N3O. The van der Waals surface area contributed by atoms with E-state index in [1.54, 1.807) is 0 Å². The Morgan fingerprint density at radius 3 is 2.61 bits per heavy atom. The van der Waals surface area contributed by atoms with E-state index in [-0.39, 0.29) is 0 Å². The maximum atomic E-state index is 6.16. The zero-order valence-corrected chi connectivity index (χ0v) is 17.0. The first-order valence-corrected chi connectivity index (χ1v) is 10.6. The van der Waals surface area contributed by atoms with Crippen LogP contribution in [0.15, 0.2) is 48.7 Å². The van der Waals surface area contributed by atoms with E-state index in [1.807, 2.05) is 24.3 Å². The first kappa shape index (κ1) is 18.9. The third kappa shape index (κ3) is 4.32. The Balaban J connectivity index is 1.64. The number of nitrogens with zero attached hydrogens (tertiary/aromatic N) is 2. The van der Waals surface area contributed by atoms with Gasteiger partial charge in [-0.25, -0.2) is 4.98 Å². The van der Waals surface area contributed by atoms with Gasteiger partial charge in [-0.15, -0.1) is 0 Å². The number of ether oxygens (including phenoxy) is 1. The van der Waals surface area contributed by atoms with Crippen LogP contribution in [0.3, 0.4) is 0 Å². The second-order valence-electron chi connectivity index (χ2n) is 8.32. The fourth-order valence-corrected chi connectivity index (χ4v) is 4.06. The highest BCUT2D eigenvalue weighted by Crippen LogP contribution is 2.30. The summed E-state index contributed by atoms with van der Waals surface area (Å²) in [7, 11) is 0. The zero-order valence-electron chi connectivity index (χ0n) is 17.0. The van der Waals surface area contributed by atoms with Crippen LogP contribution in [0.5, 0.6) is 5.75 Å². The van der Waals surface area contributed by atoms with Gasteiger partial charge >= 0.3 is 0 Å². The van der Waals surface area contributed by atoms with E-state index in [4.69, 9.17) is 9.72 Å². The Bertz CT molecular complexity index is 895. The molecule has 4 heteroatoms. The Hall–Kier alpha value is -2.49. The van der Waals surface area contributed by atoms with E-state index in [1.165, 1.54) is 37.7 Å². The smallest absolute Gasteiger partial charge is 0.181 e. The van der Waals surface area contributed by atoms with E-state index in [0.717, 1.165) is 29.3 Å². The second-order valence-corrected chi connectivity index (χ2v) is 8.32. The van der Waals surface area contributed by atoms with Crippen molar-refractivity contribution in [3.05, 3.63) is 59.9 Å². The maximum absolute atomic E-state index is 6.16. The van der Waals surface area contributed by atoms with Gasteiger partial charge in [0.1, 0.15) is 12.4 Å². The van der Waals surface area contributed by atoms with Crippen LogP contribution in [0.1, 0.15) is 57.2 Å². The highest BCUT2D eigenvalue weighted by Gasteiger charge is 2.20. The van der Waals surface area contributed by atoms with Crippen molar-refractivity contribution in [3.63, 3.8) is 0 Å². The monoisotopic (exact) mass is 377 g/mol. The summed E-state index contributed by atoms with van der Waals surface area (Å²) in [6.45, 7) is 5.06. The summed E-state index contributed by atoms with van der Waals surface area (Å²) < 4.78 is 8.34. The first-order chi connectivity index (χ1) is 13.7. The molecule has 0 spiro atoms. The molecule has 28 heavy (non-hydrogen) atoms. The summed E-state index contributed by atoms with van der Waals surface area (Å²) in [5, 5.41) is 3.82. The molecule has 1 N–H and O–H groups in total. The molecule has 0 radical (unpaired) electrons. The van der Waals surface area contributed by atoms with Crippen LogP contribution in [0.4, 0.5) is 5.82 Å². The summed E-state index contributed by atoms with van der Waals surface area (Å²) in [5.41, 5.74) is 3.22. The number of pyridine rings is 1. The minimum atomic E-state index is 0.549. The lowest BCUT2D eigenvalue weighted by atomic mass is 9.95.